The minimum absolute atomic E-state index is 0.0127. The zero-order valence-corrected chi connectivity index (χ0v) is 18.2. The maximum absolute atomic E-state index is 12.8. The van der Waals surface area contributed by atoms with E-state index in [1.165, 1.54) is 27.2 Å². The van der Waals surface area contributed by atoms with Gasteiger partial charge in [0.15, 0.2) is 0 Å². The topological polar surface area (TPSA) is 78.9 Å². The summed E-state index contributed by atoms with van der Waals surface area (Å²) in [5.74, 6) is 0.212. The number of hydrogen-bond donors (Lipinski definition) is 2. The SMILES string of the molecule is O=C(Nc1ccccc1C1CCN(C(=O)O)CC1)OCC1c2ccccc2-c2ccccc21. The number of ether oxygens (including phenoxy) is 1. The van der Waals surface area contributed by atoms with Gasteiger partial charge >= 0.3 is 12.2 Å². The lowest BCUT2D eigenvalue weighted by atomic mass is 9.88. The lowest BCUT2D eigenvalue weighted by Gasteiger charge is -2.31. The van der Waals surface area contributed by atoms with Crippen molar-refractivity contribution in [2.75, 3.05) is 25.0 Å². The Labute approximate surface area is 192 Å². The molecule has 0 radical (unpaired) electrons. The van der Waals surface area contributed by atoms with Gasteiger partial charge in [0.25, 0.3) is 0 Å². The number of amides is 2. The molecule has 2 N–H and O–H groups in total. The van der Waals surface area contributed by atoms with Gasteiger partial charge in [-0.1, -0.05) is 66.7 Å². The van der Waals surface area contributed by atoms with Crippen molar-refractivity contribution in [1.82, 2.24) is 4.90 Å². The van der Waals surface area contributed by atoms with Crippen LogP contribution in [0.2, 0.25) is 0 Å². The van der Waals surface area contributed by atoms with Crippen LogP contribution >= 0.6 is 0 Å². The number of hydrogen-bond acceptors (Lipinski definition) is 3. The van der Waals surface area contributed by atoms with E-state index in [9.17, 15) is 14.7 Å². The summed E-state index contributed by atoms with van der Waals surface area (Å²) in [7, 11) is 0. The van der Waals surface area contributed by atoms with Crippen LogP contribution in [0.1, 0.15) is 41.4 Å². The first-order chi connectivity index (χ1) is 16.1. The molecule has 5 rings (SSSR count). The van der Waals surface area contributed by atoms with E-state index >= 15 is 0 Å². The first-order valence-electron chi connectivity index (χ1n) is 11.3. The highest BCUT2D eigenvalue weighted by Gasteiger charge is 2.29. The molecular formula is C27H26N2O4. The molecule has 0 saturated carbocycles. The Morgan fingerprint density at radius 3 is 2.00 bits per heavy atom. The number of likely N-dealkylation sites (tertiary alicyclic amines) is 1. The van der Waals surface area contributed by atoms with E-state index < -0.39 is 12.2 Å². The highest BCUT2D eigenvalue weighted by Crippen LogP contribution is 2.44. The molecule has 2 aliphatic rings. The van der Waals surface area contributed by atoms with Crippen molar-refractivity contribution in [2.45, 2.75) is 24.7 Å². The summed E-state index contributed by atoms with van der Waals surface area (Å²) in [6, 6.07) is 24.2. The van der Waals surface area contributed by atoms with Crippen LogP contribution in [0.25, 0.3) is 11.1 Å². The van der Waals surface area contributed by atoms with Gasteiger partial charge in [-0.2, -0.15) is 0 Å². The molecule has 3 aromatic carbocycles. The summed E-state index contributed by atoms with van der Waals surface area (Å²) in [6.07, 6.45) is 0.108. The van der Waals surface area contributed by atoms with Crippen LogP contribution in [0.4, 0.5) is 15.3 Å². The molecule has 3 aromatic rings. The standard InChI is InChI=1S/C27H26N2O4/c30-26(28-25-12-6-5-7-19(25)18-13-15-29(16-14-18)27(31)32)33-17-24-22-10-3-1-8-20(22)21-9-2-4-11-23(21)24/h1-12,18,24H,13-17H2,(H,28,30)(H,31,32). The molecule has 0 unspecified atom stereocenters. The molecule has 168 valence electrons. The number of anilines is 1. The van der Waals surface area contributed by atoms with Crippen LogP contribution in [-0.2, 0) is 4.74 Å². The number of para-hydroxylation sites is 1. The molecule has 1 heterocycles. The average Bonchev–Trinajstić information content (AvgIpc) is 3.17. The second-order valence-corrected chi connectivity index (χ2v) is 8.58. The van der Waals surface area contributed by atoms with Gasteiger partial charge in [-0.25, -0.2) is 9.59 Å². The Kier molecular flexibility index (Phi) is 5.73. The van der Waals surface area contributed by atoms with Crippen LogP contribution in [0.5, 0.6) is 0 Å². The third-order valence-electron chi connectivity index (χ3n) is 6.75. The van der Waals surface area contributed by atoms with Crippen LogP contribution in [0.3, 0.4) is 0 Å². The monoisotopic (exact) mass is 442 g/mol. The zero-order chi connectivity index (χ0) is 22.8. The van der Waals surface area contributed by atoms with Crippen LogP contribution < -0.4 is 5.32 Å². The van der Waals surface area contributed by atoms with Crippen molar-refractivity contribution >= 4 is 17.9 Å². The number of rotatable bonds is 4. The van der Waals surface area contributed by atoms with Crippen molar-refractivity contribution < 1.29 is 19.4 Å². The first-order valence-corrected chi connectivity index (χ1v) is 11.3. The fourth-order valence-electron chi connectivity index (χ4n) is 5.09. The molecule has 6 nitrogen and oxygen atoms in total. The van der Waals surface area contributed by atoms with E-state index in [4.69, 9.17) is 4.74 Å². The third-order valence-corrected chi connectivity index (χ3v) is 6.75. The maximum Gasteiger partial charge on any atom is 0.411 e. The Hall–Kier alpha value is -3.80. The van der Waals surface area contributed by atoms with Gasteiger partial charge in [0.05, 0.1) is 0 Å². The maximum atomic E-state index is 12.8. The van der Waals surface area contributed by atoms with Gasteiger partial charge < -0.3 is 14.7 Å². The molecule has 0 aromatic heterocycles. The van der Waals surface area contributed by atoms with Gasteiger partial charge in [0.2, 0.25) is 0 Å². The average molecular weight is 443 g/mol. The molecule has 1 saturated heterocycles. The van der Waals surface area contributed by atoms with E-state index in [0.29, 0.717) is 13.1 Å². The predicted molar refractivity (Wildman–Crippen MR) is 127 cm³/mol. The van der Waals surface area contributed by atoms with Crippen molar-refractivity contribution in [3.63, 3.8) is 0 Å². The second kappa shape index (κ2) is 8.98. The summed E-state index contributed by atoms with van der Waals surface area (Å²) in [5, 5.41) is 12.1. The van der Waals surface area contributed by atoms with Gasteiger partial charge in [0.1, 0.15) is 6.61 Å². The van der Waals surface area contributed by atoms with Crippen molar-refractivity contribution in [3.8, 4) is 11.1 Å². The van der Waals surface area contributed by atoms with Crippen LogP contribution in [0.15, 0.2) is 72.8 Å². The highest BCUT2D eigenvalue weighted by atomic mass is 16.5. The molecular weight excluding hydrogens is 416 g/mol. The molecule has 6 heteroatoms. The van der Waals surface area contributed by atoms with Gasteiger partial charge in [-0.3, -0.25) is 5.32 Å². The van der Waals surface area contributed by atoms with E-state index in [1.807, 2.05) is 48.5 Å². The van der Waals surface area contributed by atoms with E-state index in [-0.39, 0.29) is 18.4 Å². The number of benzene rings is 3. The Balaban J connectivity index is 1.26. The van der Waals surface area contributed by atoms with E-state index in [0.717, 1.165) is 24.1 Å². The fourth-order valence-corrected chi connectivity index (χ4v) is 5.09. The quantitative estimate of drug-likeness (QED) is 0.527. The number of nitrogens with zero attached hydrogens (tertiary/aromatic N) is 1. The normalized spacial score (nSPS) is 15.6. The summed E-state index contributed by atoms with van der Waals surface area (Å²) in [6.45, 7) is 1.26. The lowest BCUT2D eigenvalue weighted by Crippen LogP contribution is -2.37. The Bertz CT molecular complexity index is 1140. The van der Waals surface area contributed by atoms with Crippen LogP contribution in [0, 0.1) is 0 Å². The molecule has 1 aliphatic carbocycles. The van der Waals surface area contributed by atoms with Gasteiger partial charge in [-0.05, 0) is 52.6 Å². The van der Waals surface area contributed by atoms with Crippen LogP contribution in [-0.4, -0.2) is 41.9 Å². The third kappa shape index (κ3) is 4.16. The van der Waals surface area contributed by atoms with Gasteiger partial charge in [-0.15, -0.1) is 0 Å². The predicted octanol–water partition coefficient (Wildman–Crippen LogP) is 5.91. The number of carboxylic acid groups (broad SMARTS) is 1. The number of nitrogens with one attached hydrogen (secondary N) is 1. The lowest BCUT2D eigenvalue weighted by molar-refractivity contribution is 0.132. The molecule has 0 spiro atoms. The molecule has 0 bridgehead atoms. The molecule has 2 amide bonds. The van der Waals surface area contributed by atoms with E-state index in [2.05, 4.69) is 29.6 Å². The number of piperidine rings is 1. The smallest absolute Gasteiger partial charge is 0.411 e. The molecule has 0 atom stereocenters. The largest absolute Gasteiger partial charge is 0.465 e. The summed E-state index contributed by atoms with van der Waals surface area (Å²) in [4.78, 5) is 25.4. The minimum Gasteiger partial charge on any atom is -0.465 e. The Morgan fingerprint density at radius 2 is 1.39 bits per heavy atom. The van der Waals surface area contributed by atoms with Crippen molar-refractivity contribution in [3.05, 3.63) is 89.5 Å². The molecule has 1 fully saturated rings. The second-order valence-electron chi connectivity index (χ2n) is 8.58. The van der Waals surface area contributed by atoms with Crippen molar-refractivity contribution in [1.29, 1.82) is 0 Å². The van der Waals surface area contributed by atoms with Gasteiger partial charge in [0, 0.05) is 24.7 Å². The molecule has 1 aliphatic heterocycles. The number of carbonyl (C=O) groups excluding carboxylic acids is 1. The summed E-state index contributed by atoms with van der Waals surface area (Å²) < 4.78 is 5.70. The number of carbonyl (C=O) groups is 2. The highest BCUT2D eigenvalue weighted by molar-refractivity contribution is 5.86. The summed E-state index contributed by atoms with van der Waals surface area (Å²) >= 11 is 0. The Morgan fingerprint density at radius 1 is 0.848 bits per heavy atom. The first kappa shape index (κ1) is 21.1. The fraction of sp³-hybridized carbons (Fsp3) is 0.259. The molecule has 33 heavy (non-hydrogen) atoms. The number of fused-ring (bicyclic) bond motifs is 3. The minimum atomic E-state index is -0.876. The summed E-state index contributed by atoms with van der Waals surface area (Å²) in [5.41, 5.74) is 6.49. The van der Waals surface area contributed by atoms with Crippen molar-refractivity contribution in [2.24, 2.45) is 0 Å². The van der Waals surface area contributed by atoms with E-state index in [1.54, 1.807) is 0 Å². The zero-order valence-electron chi connectivity index (χ0n) is 18.2.